The maximum absolute atomic E-state index is 13.8. The lowest BCUT2D eigenvalue weighted by atomic mass is 9.59. The third kappa shape index (κ3) is 2.29. The smallest absolute Gasteiger partial charge is 0.320 e. The molecular formula is C21H30O4. The first-order valence-corrected chi connectivity index (χ1v) is 9.46. The highest BCUT2D eigenvalue weighted by Gasteiger charge is 2.72. The molecule has 3 aliphatic rings. The Bertz CT molecular complexity index is 646. The number of ether oxygens (including phenoxy) is 1. The van der Waals surface area contributed by atoms with Gasteiger partial charge in [0.25, 0.3) is 0 Å². The average Bonchev–Trinajstić information content (AvgIpc) is 3.15. The Balaban J connectivity index is 2.21. The number of esters is 1. The van der Waals surface area contributed by atoms with Crippen molar-refractivity contribution in [2.75, 3.05) is 7.11 Å². The van der Waals surface area contributed by atoms with Crippen LogP contribution in [0.25, 0.3) is 0 Å². The second-order valence-corrected chi connectivity index (χ2v) is 8.95. The third-order valence-corrected chi connectivity index (χ3v) is 7.51. The van der Waals surface area contributed by atoms with E-state index in [0.29, 0.717) is 25.2 Å². The SMILES string of the molecule is C=C1C[C@@H]2C(=O)[C@](C(=O)OC)([C@H](C)C[C@@H]3[C@H]2C3(C)C)[C@@H](C(=O)CC)C1. The van der Waals surface area contributed by atoms with Gasteiger partial charge in [-0.05, 0) is 42.4 Å². The van der Waals surface area contributed by atoms with Crippen molar-refractivity contribution in [2.24, 2.45) is 40.4 Å². The summed E-state index contributed by atoms with van der Waals surface area (Å²) in [5.74, 6) is -0.949. The molecule has 0 aliphatic heterocycles. The predicted molar refractivity (Wildman–Crippen MR) is 94.7 cm³/mol. The van der Waals surface area contributed by atoms with E-state index in [1.165, 1.54) is 7.11 Å². The second kappa shape index (κ2) is 5.78. The van der Waals surface area contributed by atoms with E-state index in [-0.39, 0.29) is 34.7 Å². The van der Waals surface area contributed by atoms with Crippen molar-refractivity contribution in [1.29, 1.82) is 0 Å². The Labute approximate surface area is 150 Å². The molecule has 0 unspecified atom stereocenters. The van der Waals surface area contributed by atoms with Gasteiger partial charge in [0.05, 0.1) is 7.11 Å². The van der Waals surface area contributed by atoms with Crippen LogP contribution in [-0.4, -0.2) is 24.6 Å². The zero-order valence-corrected chi connectivity index (χ0v) is 16.1. The Morgan fingerprint density at radius 2 is 1.92 bits per heavy atom. The van der Waals surface area contributed by atoms with Crippen molar-refractivity contribution in [3.8, 4) is 0 Å². The number of hydrogen-bond donors (Lipinski definition) is 0. The van der Waals surface area contributed by atoms with Gasteiger partial charge in [-0.1, -0.05) is 39.8 Å². The van der Waals surface area contributed by atoms with E-state index in [1.807, 2.05) is 6.92 Å². The van der Waals surface area contributed by atoms with Crippen molar-refractivity contribution in [1.82, 2.24) is 0 Å². The molecule has 0 heterocycles. The monoisotopic (exact) mass is 346 g/mol. The summed E-state index contributed by atoms with van der Waals surface area (Å²) in [6.45, 7) is 12.3. The molecule has 138 valence electrons. The summed E-state index contributed by atoms with van der Waals surface area (Å²) in [6, 6.07) is 0. The molecule has 4 heteroatoms. The lowest BCUT2D eigenvalue weighted by molar-refractivity contribution is -0.170. The Morgan fingerprint density at radius 3 is 2.48 bits per heavy atom. The van der Waals surface area contributed by atoms with Crippen LogP contribution < -0.4 is 0 Å². The Morgan fingerprint density at radius 1 is 1.28 bits per heavy atom. The number of Topliss-reactive ketones (excluding diaryl/α,β-unsaturated/α-hetero) is 2. The van der Waals surface area contributed by atoms with Crippen molar-refractivity contribution >= 4 is 17.5 Å². The fourth-order valence-corrected chi connectivity index (χ4v) is 6.12. The summed E-state index contributed by atoms with van der Waals surface area (Å²) in [4.78, 5) is 39.6. The number of rotatable bonds is 3. The topological polar surface area (TPSA) is 60.4 Å². The first-order valence-electron chi connectivity index (χ1n) is 9.46. The molecular weight excluding hydrogens is 316 g/mol. The highest BCUT2D eigenvalue weighted by Crippen LogP contribution is 2.70. The van der Waals surface area contributed by atoms with Crippen molar-refractivity contribution in [3.05, 3.63) is 12.2 Å². The van der Waals surface area contributed by atoms with E-state index in [9.17, 15) is 14.4 Å². The lowest BCUT2D eigenvalue weighted by Gasteiger charge is -2.40. The first-order chi connectivity index (χ1) is 11.6. The number of hydrogen-bond acceptors (Lipinski definition) is 4. The lowest BCUT2D eigenvalue weighted by Crippen LogP contribution is -2.54. The number of methoxy groups -OCH3 is 1. The Kier molecular flexibility index (Phi) is 4.24. The normalized spacial score (nSPS) is 42.0. The fourth-order valence-electron chi connectivity index (χ4n) is 6.12. The molecule has 2 bridgehead atoms. The fraction of sp³-hybridized carbons (Fsp3) is 0.762. The van der Waals surface area contributed by atoms with E-state index in [0.717, 1.165) is 12.0 Å². The van der Waals surface area contributed by atoms with Crippen LogP contribution in [0.1, 0.15) is 53.4 Å². The van der Waals surface area contributed by atoms with Crippen LogP contribution in [-0.2, 0) is 19.1 Å². The van der Waals surface area contributed by atoms with Crippen molar-refractivity contribution in [2.45, 2.75) is 53.4 Å². The van der Waals surface area contributed by atoms with Gasteiger partial charge < -0.3 is 4.74 Å². The van der Waals surface area contributed by atoms with Crippen LogP contribution in [0.2, 0.25) is 0 Å². The second-order valence-electron chi connectivity index (χ2n) is 8.95. The van der Waals surface area contributed by atoms with E-state index in [2.05, 4.69) is 20.4 Å². The third-order valence-electron chi connectivity index (χ3n) is 7.51. The summed E-state index contributed by atoms with van der Waals surface area (Å²) in [5, 5.41) is 0. The van der Waals surface area contributed by atoms with E-state index < -0.39 is 17.3 Å². The van der Waals surface area contributed by atoms with Gasteiger partial charge >= 0.3 is 5.97 Å². The molecule has 3 aliphatic carbocycles. The van der Waals surface area contributed by atoms with Crippen LogP contribution in [0.15, 0.2) is 12.2 Å². The standard InChI is InChI=1S/C21H30O4/c1-7-16(22)14-9-11(2)8-13-17-15(20(17,4)5)10-12(3)21(14,18(13)23)19(24)25-6/h12-15,17H,2,7-10H2,1,3-6H3/t12-,13+,14-,15-,17+,21+/m1/s1. The van der Waals surface area contributed by atoms with Gasteiger partial charge in [0.15, 0.2) is 5.78 Å². The first kappa shape index (κ1) is 18.3. The summed E-state index contributed by atoms with van der Waals surface area (Å²) < 4.78 is 5.14. The number of allylic oxidation sites excluding steroid dienone is 1. The molecule has 3 saturated carbocycles. The molecule has 0 saturated heterocycles. The summed E-state index contributed by atoms with van der Waals surface area (Å²) in [5.41, 5.74) is -0.298. The minimum Gasteiger partial charge on any atom is -0.468 e. The molecule has 3 rings (SSSR count). The molecule has 0 amide bonds. The van der Waals surface area contributed by atoms with Gasteiger partial charge in [0.2, 0.25) is 0 Å². The number of carbonyl (C=O) groups is 3. The molecule has 0 aromatic carbocycles. The summed E-state index contributed by atoms with van der Waals surface area (Å²) in [7, 11) is 1.33. The van der Waals surface area contributed by atoms with E-state index >= 15 is 0 Å². The molecule has 0 aromatic heterocycles. The van der Waals surface area contributed by atoms with Gasteiger partial charge in [-0.15, -0.1) is 0 Å². The maximum Gasteiger partial charge on any atom is 0.320 e. The Hall–Kier alpha value is -1.45. The van der Waals surface area contributed by atoms with Gasteiger partial charge in [-0.2, -0.15) is 0 Å². The van der Waals surface area contributed by atoms with Gasteiger partial charge in [0.1, 0.15) is 11.2 Å². The van der Waals surface area contributed by atoms with Crippen molar-refractivity contribution < 1.29 is 19.1 Å². The number of ketones is 2. The van der Waals surface area contributed by atoms with Crippen molar-refractivity contribution in [3.63, 3.8) is 0 Å². The largest absolute Gasteiger partial charge is 0.468 e. The van der Waals surface area contributed by atoms with Crippen LogP contribution in [0.5, 0.6) is 0 Å². The van der Waals surface area contributed by atoms with Gasteiger partial charge in [-0.3, -0.25) is 14.4 Å². The van der Waals surface area contributed by atoms with E-state index in [4.69, 9.17) is 4.74 Å². The number of fused-ring (bicyclic) bond motifs is 4. The molecule has 0 radical (unpaired) electrons. The predicted octanol–water partition coefficient (Wildman–Crippen LogP) is 3.59. The van der Waals surface area contributed by atoms with Crippen LogP contribution >= 0.6 is 0 Å². The molecule has 0 spiro atoms. The average molecular weight is 346 g/mol. The number of carbonyl (C=O) groups excluding carboxylic acids is 3. The zero-order valence-electron chi connectivity index (χ0n) is 16.1. The molecule has 0 N–H and O–H groups in total. The summed E-state index contributed by atoms with van der Waals surface area (Å²) >= 11 is 0. The molecule has 0 aromatic rings. The van der Waals surface area contributed by atoms with Gasteiger partial charge in [0, 0.05) is 18.3 Å². The molecule has 3 fully saturated rings. The van der Waals surface area contributed by atoms with E-state index in [1.54, 1.807) is 6.92 Å². The molecule has 6 atom stereocenters. The van der Waals surface area contributed by atoms with Crippen LogP contribution in [0, 0.1) is 40.4 Å². The summed E-state index contributed by atoms with van der Waals surface area (Å²) in [6.07, 6.45) is 2.14. The highest BCUT2D eigenvalue weighted by atomic mass is 16.5. The van der Waals surface area contributed by atoms with Gasteiger partial charge in [-0.25, -0.2) is 0 Å². The maximum atomic E-state index is 13.8. The minimum absolute atomic E-state index is 0.0257. The highest BCUT2D eigenvalue weighted by molar-refractivity contribution is 6.10. The molecule has 4 nitrogen and oxygen atoms in total. The quantitative estimate of drug-likeness (QED) is 0.445. The molecule has 25 heavy (non-hydrogen) atoms. The minimum atomic E-state index is -1.34. The zero-order chi connectivity index (χ0) is 18.7. The van der Waals surface area contributed by atoms with Crippen LogP contribution in [0.3, 0.4) is 0 Å². The van der Waals surface area contributed by atoms with Crippen LogP contribution in [0.4, 0.5) is 0 Å².